The monoisotopic (exact) mass is 428 g/mol. The Morgan fingerprint density at radius 3 is 2.29 bits per heavy atom. The van der Waals surface area contributed by atoms with Gasteiger partial charge in [0, 0.05) is 45.0 Å². The average Bonchev–Trinajstić information content (AvgIpc) is 2.80. The van der Waals surface area contributed by atoms with Gasteiger partial charge in [-0.15, -0.1) is 0 Å². The Labute approximate surface area is 180 Å². The zero-order valence-corrected chi connectivity index (χ0v) is 17.3. The lowest BCUT2D eigenvalue weighted by molar-refractivity contribution is -0.136. The highest BCUT2D eigenvalue weighted by Gasteiger charge is 2.20. The van der Waals surface area contributed by atoms with Crippen LogP contribution < -0.4 is 15.5 Å². The fourth-order valence-electron chi connectivity index (χ4n) is 3.32. The molecule has 0 bridgehead atoms. The molecule has 0 spiro atoms. The van der Waals surface area contributed by atoms with Crippen LogP contribution in [-0.2, 0) is 14.3 Å². The molecule has 2 amide bonds. The summed E-state index contributed by atoms with van der Waals surface area (Å²) >= 11 is 0. The minimum atomic E-state index is -0.782. The standard InChI is InChI=1S/C22H25FN4O4/c1-31-22(30)16-6-8-17(9-7-16)25-21(29)20(28)24-10-11-26-12-14-27(15-13-26)19-5-3-2-4-18(19)23/h2-9H,10-15H2,1H3,(H,24,28)(H,25,29). The Morgan fingerprint density at radius 2 is 1.65 bits per heavy atom. The average molecular weight is 428 g/mol. The number of para-hydroxylation sites is 1. The number of nitrogens with zero attached hydrogens (tertiary/aromatic N) is 2. The quantitative estimate of drug-likeness (QED) is 0.535. The molecule has 0 atom stereocenters. The number of methoxy groups -OCH3 is 1. The summed E-state index contributed by atoms with van der Waals surface area (Å²) in [4.78, 5) is 39.6. The third-order valence-corrected chi connectivity index (χ3v) is 5.05. The highest BCUT2D eigenvalue weighted by Crippen LogP contribution is 2.19. The van der Waals surface area contributed by atoms with Crippen LogP contribution in [0.3, 0.4) is 0 Å². The van der Waals surface area contributed by atoms with E-state index >= 15 is 0 Å². The van der Waals surface area contributed by atoms with E-state index in [2.05, 4.69) is 20.3 Å². The highest BCUT2D eigenvalue weighted by atomic mass is 19.1. The number of ether oxygens (including phenoxy) is 1. The maximum atomic E-state index is 13.9. The Hall–Kier alpha value is -3.46. The molecular formula is C22H25FN4O4. The fraction of sp³-hybridized carbons (Fsp3) is 0.318. The minimum Gasteiger partial charge on any atom is -0.465 e. The van der Waals surface area contributed by atoms with Gasteiger partial charge in [0.05, 0.1) is 18.4 Å². The van der Waals surface area contributed by atoms with Crippen LogP contribution >= 0.6 is 0 Å². The molecule has 164 valence electrons. The molecule has 1 heterocycles. The van der Waals surface area contributed by atoms with Gasteiger partial charge in [-0.1, -0.05) is 12.1 Å². The number of carbonyl (C=O) groups excluding carboxylic acids is 3. The fourth-order valence-corrected chi connectivity index (χ4v) is 3.32. The molecule has 1 aliphatic heterocycles. The van der Waals surface area contributed by atoms with Crippen molar-refractivity contribution in [2.75, 3.05) is 56.6 Å². The second kappa shape index (κ2) is 10.5. The van der Waals surface area contributed by atoms with Crippen molar-refractivity contribution < 1.29 is 23.5 Å². The zero-order chi connectivity index (χ0) is 22.2. The van der Waals surface area contributed by atoms with Gasteiger partial charge in [-0.25, -0.2) is 9.18 Å². The first-order valence-corrected chi connectivity index (χ1v) is 9.97. The van der Waals surface area contributed by atoms with E-state index < -0.39 is 17.8 Å². The lowest BCUT2D eigenvalue weighted by Crippen LogP contribution is -2.49. The Morgan fingerprint density at radius 1 is 0.968 bits per heavy atom. The van der Waals surface area contributed by atoms with Crippen molar-refractivity contribution in [1.82, 2.24) is 10.2 Å². The smallest absolute Gasteiger partial charge is 0.337 e. The molecule has 2 aromatic rings. The summed E-state index contributed by atoms with van der Waals surface area (Å²) in [6.07, 6.45) is 0. The number of piperazine rings is 1. The molecule has 0 saturated carbocycles. The van der Waals surface area contributed by atoms with Crippen LogP contribution in [0.1, 0.15) is 10.4 Å². The van der Waals surface area contributed by atoms with E-state index in [1.54, 1.807) is 12.1 Å². The van der Waals surface area contributed by atoms with E-state index in [1.165, 1.54) is 37.4 Å². The summed E-state index contributed by atoms with van der Waals surface area (Å²) in [6.45, 7) is 3.78. The third kappa shape index (κ3) is 6.02. The van der Waals surface area contributed by atoms with E-state index in [9.17, 15) is 18.8 Å². The predicted molar refractivity (Wildman–Crippen MR) is 114 cm³/mol. The van der Waals surface area contributed by atoms with Crippen LogP contribution in [0.15, 0.2) is 48.5 Å². The first-order chi connectivity index (χ1) is 15.0. The minimum absolute atomic E-state index is 0.228. The lowest BCUT2D eigenvalue weighted by Gasteiger charge is -2.36. The van der Waals surface area contributed by atoms with Crippen LogP contribution in [0.2, 0.25) is 0 Å². The predicted octanol–water partition coefficient (Wildman–Crippen LogP) is 1.49. The molecule has 31 heavy (non-hydrogen) atoms. The van der Waals surface area contributed by atoms with Gasteiger partial charge in [0.1, 0.15) is 5.82 Å². The number of benzene rings is 2. The number of hydrogen-bond acceptors (Lipinski definition) is 6. The van der Waals surface area contributed by atoms with Gasteiger partial charge in [-0.3, -0.25) is 14.5 Å². The zero-order valence-electron chi connectivity index (χ0n) is 17.3. The van der Waals surface area contributed by atoms with E-state index in [0.717, 1.165) is 13.1 Å². The second-order valence-corrected chi connectivity index (χ2v) is 7.06. The van der Waals surface area contributed by atoms with Gasteiger partial charge in [0.25, 0.3) is 0 Å². The third-order valence-electron chi connectivity index (χ3n) is 5.05. The van der Waals surface area contributed by atoms with Crippen molar-refractivity contribution in [2.45, 2.75) is 0 Å². The number of nitrogens with one attached hydrogen (secondary N) is 2. The van der Waals surface area contributed by atoms with Crippen LogP contribution in [0.4, 0.5) is 15.8 Å². The maximum absolute atomic E-state index is 13.9. The van der Waals surface area contributed by atoms with Crippen molar-refractivity contribution >= 4 is 29.2 Å². The summed E-state index contributed by atoms with van der Waals surface area (Å²) < 4.78 is 18.5. The van der Waals surface area contributed by atoms with Crippen molar-refractivity contribution in [1.29, 1.82) is 0 Å². The van der Waals surface area contributed by atoms with Crippen molar-refractivity contribution in [3.63, 3.8) is 0 Å². The molecule has 9 heteroatoms. The molecule has 8 nitrogen and oxygen atoms in total. The summed E-state index contributed by atoms with van der Waals surface area (Å²) in [7, 11) is 1.28. The van der Waals surface area contributed by atoms with Gasteiger partial charge in [-0.2, -0.15) is 0 Å². The number of anilines is 2. The summed E-state index contributed by atoms with van der Waals surface area (Å²) in [5.74, 6) is -2.23. The maximum Gasteiger partial charge on any atom is 0.337 e. The number of halogens is 1. The summed E-state index contributed by atoms with van der Waals surface area (Å²) in [5.41, 5.74) is 1.35. The molecule has 3 rings (SSSR count). The molecule has 1 saturated heterocycles. The molecule has 0 aromatic heterocycles. The molecular weight excluding hydrogens is 403 g/mol. The van der Waals surface area contributed by atoms with Gasteiger partial charge >= 0.3 is 17.8 Å². The second-order valence-electron chi connectivity index (χ2n) is 7.06. The molecule has 1 aliphatic rings. The normalized spacial score (nSPS) is 14.1. The molecule has 0 unspecified atom stereocenters. The number of rotatable bonds is 6. The molecule has 2 N–H and O–H groups in total. The van der Waals surface area contributed by atoms with Crippen LogP contribution in [0.5, 0.6) is 0 Å². The number of hydrogen-bond donors (Lipinski definition) is 2. The van der Waals surface area contributed by atoms with E-state index in [-0.39, 0.29) is 5.82 Å². The van der Waals surface area contributed by atoms with Gasteiger partial charge in [0.2, 0.25) is 0 Å². The Kier molecular flexibility index (Phi) is 7.55. The number of carbonyl (C=O) groups is 3. The van der Waals surface area contributed by atoms with E-state index in [4.69, 9.17) is 0 Å². The summed E-state index contributed by atoms with van der Waals surface area (Å²) in [5, 5.41) is 5.09. The molecule has 0 aliphatic carbocycles. The highest BCUT2D eigenvalue weighted by molar-refractivity contribution is 6.39. The lowest BCUT2D eigenvalue weighted by atomic mass is 10.2. The van der Waals surface area contributed by atoms with Crippen LogP contribution in [0.25, 0.3) is 0 Å². The van der Waals surface area contributed by atoms with Crippen molar-refractivity contribution in [2.24, 2.45) is 0 Å². The van der Waals surface area contributed by atoms with Gasteiger partial charge in [-0.05, 0) is 36.4 Å². The van der Waals surface area contributed by atoms with Gasteiger partial charge in [0.15, 0.2) is 0 Å². The van der Waals surface area contributed by atoms with Crippen molar-refractivity contribution in [3.8, 4) is 0 Å². The van der Waals surface area contributed by atoms with E-state index in [1.807, 2.05) is 11.0 Å². The molecule has 1 fully saturated rings. The number of esters is 1. The molecule has 2 aromatic carbocycles. The van der Waals surface area contributed by atoms with E-state index in [0.29, 0.717) is 43.1 Å². The van der Waals surface area contributed by atoms with Crippen LogP contribution in [0, 0.1) is 5.82 Å². The van der Waals surface area contributed by atoms with Crippen LogP contribution in [-0.4, -0.2) is 69.1 Å². The molecule has 0 radical (unpaired) electrons. The number of amides is 2. The topological polar surface area (TPSA) is 91.0 Å². The largest absolute Gasteiger partial charge is 0.465 e. The van der Waals surface area contributed by atoms with Gasteiger partial charge < -0.3 is 20.3 Å². The SMILES string of the molecule is COC(=O)c1ccc(NC(=O)C(=O)NCCN2CCN(c3ccccc3F)CC2)cc1. The first kappa shape index (κ1) is 22.2. The Bertz CT molecular complexity index is 927. The first-order valence-electron chi connectivity index (χ1n) is 9.97. The van der Waals surface area contributed by atoms with Crippen molar-refractivity contribution in [3.05, 3.63) is 59.9 Å². The summed E-state index contributed by atoms with van der Waals surface area (Å²) in [6, 6.07) is 12.8. The Balaban J connectivity index is 1.38.